The Labute approximate surface area is 170 Å². The minimum absolute atomic E-state index is 0.0808. The van der Waals surface area contributed by atoms with Crippen LogP contribution in [0.4, 0.5) is 11.4 Å². The van der Waals surface area contributed by atoms with Crippen molar-refractivity contribution in [3.8, 4) is 6.07 Å². The van der Waals surface area contributed by atoms with Gasteiger partial charge < -0.3 is 10.2 Å². The van der Waals surface area contributed by atoms with E-state index in [2.05, 4.69) is 33.4 Å². The molecule has 5 nitrogen and oxygen atoms in total. The van der Waals surface area contributed by atoms with Crippen LogP contribution in [0.15, 0.2) is 29.3 Å². The van der Waals surface area contributed by atoms with Gasteiger partial charge in [-0.15, -0.1) is 0 Å². The van der Waals surface area contributed by atoms with Crippen LogP contribution >= 0.6 is 11.8 Å². The number of nitrogens with one attached hydrogen (secondary N) is 1. The van der Waals surface area contributed by atoms with E-state index in [9.17, 15) is 10.1 Å². The minimum atomic E-state index is -0.0808. The van der Waals surface area contributed by atoms with Gasteiger partial charge in [0.1, 0.15) is 11.1 Å². The lowest BCUT2D eigenvalue weighted by Crippen LogP contribution is -2.18. The number of anilines is 2. The van der Waals surface area contributed by atoms with Crippen molar-refractivity contribution in [1.29, 1.82) is 5.26 Å². The monoisotopic (exact) mass is 392 g/mol. The van der Waals surface area contributed by atoms with E-state index in [1.54, 1.807) is 0 Å². The molecule has 1 amide bonds. The van der Waals surface area contributed by atoms with Crippen LogP contribution in [0.2, 0.25) is 0 Å². The molecular formula is C22H24N4OS. The highest BCUT2D eigenvalue weighted by molar-refractivity contribution is 8.00. The van der Waals surface area contributed by atoms with Crippen LogP contribution in [-0.4, -0.2) is 29.7 Å². The molecule has 1 aromatic heterocycles. The molecule has 144 valence electrons. The van der Waals surface area contributed by atoms with E-state index < -0.39 is 0 Å². The minimum Gasteiger partial charge on any atom is -0.372 e. The van der Waals surface area contributed by atoms with Crippen molar-refractivity contribution in [3.63, 3.8) is 0 Å². The Kier molecular flexibility index (Phi) is 5.54. The van der Waals surface area contributed by atoms with E-state index in [0.717, 1.165) is 49.3 Å². The van der Waals surface area contributed by atoms with Crippen molar-refractivity contribution >= 4 is 29.0 Å². The molecule has 1 aliphatic heterocycles. The van der Waals surface area contributed by atoms with Gasteiger partial charge in [0.2, 0.25) is 5.91 Å². The molecule has 2 heterocycles. The topological polar surface area (TPSA) is 69.0 Å². The van der Waals surface area contributed by atoms with Gasteiger partial charge in [-0.3, -0.25) is 4.79 Å². The largest absolute Gasteiger partial charge is 0.372 e. The van der Waals surface area contributed by atoms with E-state index in [1.807, 2.05) is 19.1 Å². The van der Waals surface area contributed by atoms with Gasteiger partial charge in [-0.1, -0.05) is 11.8 Å². The zero-order valence-corrected chi connectivity index (χ0v) is 16.9. The number of aromatic nitrogens is 1. The second kappa shape index (κ2) is 8.24. The number of nitrogens with zero attached hydrogens (tertiary/aromatic N) is 3. The molecule has 0 spiro atoms. The lowest BCUT2D eigenvalue weighted by Gasteiger charge is -2.17. The maximum atomic E-state index is 12.4. The highest BCUT2D eigenvalue weighted by Gasteiger charge is 2.21. The van der Waals surface area contributed by atoms with Gasteiger partial charge in [0.15, 0.2) is 0 Å². The number of carbonyl (C=O) groups is 1. The quantitative estimate of drug-likeness (QED) is 0.777. The summed E-state index contributed by atoms with van der Waals surface area (Å²) in [6, 6.07) is 10.3. The summed E-state index contributed by atoms with van der Waals surface area (Å²) in [5.41, 5.74) is 5.98. The van der Waals surface area contributed by atoms with Crippen LogP contribution < -0.4 is 10.2 Å². The number of hydrogen-bond donors (Lipinski definition) is 1. The van der Waals surface area contributed by atoms with Crippen molar-refractivity contribution in [2.45, 2.75) is 44.1 Å². The smallest absolute Gasteiger partial charge is 0.234 e. The summed E-state index contributed by atoms with van der Waals surface area (Å²) in [6.07, 6.45) is 5.55. The summed E-state index contributed by atoms with van der Waals surface area (Å²) in [6.45, 7) is 4.21. The van der Waals surface area contributed by atoms with Gasteiger partial charge in [0, 0.05) is 30.2 Å². The van der Waals surface area contributed by atoms with E-state index >= 15 is 0 Å². The molecule has 6 heteroatoms. The third-order valence-corrected chi connectivity index (χ3v) is 6.52. The molecule has 0 atom stereocenters. The Morgan fingerprint density at radius 2 is 1.96 bits per heavy atom. The predicted molar refractivity (Wildman–Crippen MR) is 113 cm³/mol. The Balaban J connectivity index is 1.38. The van der Waals surface area contributed by atoms with E-state index in [4.69, 9.17) is 0 Å². The SMILES string of the molecule is Cc1c(C#N)c(SCC(=O)Nc2ccc(N3CCCC3)cc2)nc2c1CCC2. The molecule has 0 unspecified atom stereocenters. The summed E-state index contributed by atoms with van der Waals surface area (Å²) < 4.78 is 0. The van der Waals surface area contributed by atoms with Crippen molar-refractivity contribution < 1.29 is 4.79 Å². The number of thioether (sulfide) groups is 1. The van der Waals surface area contributed by atoms with Gasteiger partial charge in [0.25, 0.3) is 0 Å². The van der Waals surface area contributed by atoms with Gasteiger partial charge >= 0.3 is 0 Å². The van der Waals surface area contributed by atoms with E-state index in [0.29, 0.717) is 10.6 Å². The van der Waals surface area contributed by atoms with Crippen LogP contribution in [0, 0.1) is 18.3 Å². The molecule has 1 aromatic carbocycles. The Morgan fingerprint density at radius 1 is 1.21 bits per heavy atom. The van der Waals surface area contributed by atoms with Crippen molar-refractivity contribution in [2.75, 3.05) is 29.1 Å². The van der Waals surface area contributed by atoms with Gasteiger partial charge in [-0.2, -0.15) is 5.26 Å². The number of fused-ring (bicyclic) bond motifs is 1. The number of nitriles is 1. The summed E-state index contributed by atoms with van der Waals surface area (Å²) in [5.74, 6) is 0.163. The number of rotatable bonds is 5. The first kappa shape index (κ1) is 18.8. The fourth-order valence-electron chi connectivity index (χ4n) is 4.04. The highest BCUT2D eigenvalue weighted by Crippen LogP contribution is 2.31. The number of hydrogen-bond acceptors (Lipinski definition) is 5. The maximum Gasteiger partial charge on any atom is 0.234 e. The molecule has 0 saturated carbocycles. The lowest BCUT2D eigenvalue weighted by molar-refractivity contribution is -0.113. The zero-order valence-electron chi connectivity index (χ0n) is 16.1. The first-order valence-electron chi connectivity index (χ1n) is 9.86. The average molecular weight is 393 g/mol. The number of aryl methyl sites for hydroxylation is 1. The van der Waals surface area contributed by atoms with Crippen LogP contribution in [0.3, 0.4) is 0 Å². The van der Waals surface area contributed by atoms with Crippen LogP contribution in [0.1, 0.15) is 41.6 Å². The molecule has 28 heavy (non-hydrogen) atoms. The summed E-state index contributed by atoms with van der Waals surface area (Å²) in [4.78, 5) is 19.4. The van der Waals surface area contributed by atoms with Gasteiger partial charge in [-0.05, 0) is 74.4 Å². The number of pyridine rings is 1. The van der Waals surface area contributed by atoms with E-state index in [-0.39, 0.29) is 11.7 Å². The summed E-state index contributed by atoms with van der Waals surface area (Å²) >= 11 is 1.35. The molecular weight excluding hydrogens is 368 g/mol. The molecule has 4 rings (SSSR count). The molecule has 1 N–H and O–H groups in total. The first-order valence-corrected chi connectivity index (χ1v) is 10.8. The fraction of sp³-hybridized carbons (Fsp3) is 0.409. The molecule has 0 bridgehead atoms. The van der Waals surface area contributed by atoms with Crippen LogP contribution in [-0.2, 0) is 17.6 Å². The fourth-order valence-corrected chi connectivity index (χ4v) is 4.90. The van der Waals surface area contributed by atoms with E-state index in [1.165, 1.54) is 35.9 Å². The predicted octanol–water partition coefficient (Wildman–Crippen LogP) is 4.08. The van der Waals surface area contributed by atoms with Crippen molar-refractivity contribution in [3.05, 3.63) is 46.6 Å². The first-order chi connectivity index (χ1) is 13.7. The molecule has 2 aromatic rings. The van der Waals surface area contributed by atoms with Gasteiger partial charge in [0.05, 0.1) is 11.3 Å². The second-order valence-electron chi connectivity index (χ2n) is 7.39. The third kappa shape index (κ3) is 3.85. The normalized spacial score (nSPS) is 15.4. The number of benzene rings is 1. The molecule has 0 radical (unpaired) electrons. The molecule has 1 aliphatic carbocycles. The maximum absolute atomic E-state index is 12.4. The third-order valence-electron chi connectivity index (χ3n) is 5.54. The Hall–Kier alpha value is -2.52. The van der Waals surface area contributed by atoms with Crippen molar-refractivity contribution in [2.24, 2.45) is 0 Å². The molecule has 1 saturated heterocycles. The average Bonchev–Trinajstić information content (AvgIpc) is 3.39. The standard InChI is InChI=1S/C22H24N4OS/c1-15-18-5-4-6-20(18)25-22(19(15)13-23)28-14-21(27)24-16-7-9-17(10-8-16)26-11-2-3-12-26/h7-10H,2-6,11-12,14H2,1H3,(H,24,27). The Morgan fingerprint density at radius 3 is 2.68 bits per heavy atom. The van der Waals surface area contributed by atoms with Gasteiger partial charge in [-0.25, -0.2) is 4.98 Å². The second-order valence-corrected chi connectivity index (χ2v) is 8.35. The number of carbonyl (C=O) groups excluding carboxylic acids is 1. The molecule has 2 aliphatic rings. The van der Waals surface area contributed by atoms with Crippen molar-refractivity contribution in [1.82, 2.24) is 4.98 Å². The van der Waals surface area contributed by atoms with Crippen LogP contribution in [0.5, 0.6) is 0 Å². The summed E-state index contributed by atoms with van der Waals surface area (Å²) in [5, 5.41) is 13.2. The Bertz CT molecular complexity index is 927. The van der Waals surface area contributed by atoms with Crippen LogP contribution in [0.25, 0.3) is 0 Å². The summed E-state index contributed by atoms with van der Waals surface area (Å²) in [7, 11) is 0. The lowest BCUT2D eigenvalue weighted by atomic mass is 10.0. The molecule has 1 fully saturated rings. The highest BCUT2D eigenvalue weighted by atomic mass is 32.2. The zero-order chi connectivity index (χ0) is 19.5. The number of amides is 1.